The van der Waals surface area contributed by atoms with E-state index in [1.54, 1.807) is 28.9 Å². The van der Waals surface area contributed by atoms with Crippen LogP contribution in [0, 0.1) is 0 Å². The molecule has 0 aliphatic rings. The molecule has 10 heteroatoms. The second-order valence-electron chi connectivity index (χ2n) is 6.68. The van der Waals surface area contributed by atoms with Gasteiger partial charge in [0.25, 0.3) is 0 Å². The van der Waals surface area contributed by atoms with E-state index in [1.165, 1.54) is 25.0 Å². The maximum Gasteiger partial charge on any atom is 0.234 e. The van der Waals surface area contributed by atoms with E-state index in [-0.39, 0.29) is 17.6 Å². The SMILES string of the molecule is CC(=O)Nc1ccc(NC(=O)CSc2ncnc3c2nnn3Cc2ccccc2)cc1. The van der Waals surface area contributed by atoms with E-state index in [1.807, 2.05) is 30.3 Å². The third kappa shape index (κ3) is 5.23. The molecule has 2 N–H and O–H groups in total. The summed E-state index contributed by atoms with van der Waals surface area (Å²) in [4.78, 5) is 32.0. The Bertz CT molecular complexity index is 1210. The number of nitrogens with one attached hydrogen (secondary N) is 2. The number of hydrogen-bond acceptors (Lipinski definition) is 7. The average Bonchev–Trinajstić information content (AvgIpc) is 3.17. The van der Waals surface area contributed by atoms with Crippen LogP contribution in [0.15, 0.2) is 66.0 Å². The lowest BCUT2D eigenvalue weighted by Crippen LogP contribution is -2.14. The van der Waals surface area contributed by atoms with E-state index in [2.05, 4.69) is 30.9 Å². The largest absolute Gasteiger partial charge is 0.326 e. The lowest BCUT2D eigenvalue weighted by atomic mass is 10.2. The molecule has 9 nitrogen and oxygen atoms in total. The Morgan fingerprint density at radius 3 is 2.39 bits per heavy atom. The first-order valence-electron chi connectivity index (χ1n) is 9.47. The fourth-order valence-electron chi connectivity index (χ4n) is 2.91. The Kier molecular flexibility index (Phi) is 6.18. The minimum Gasteiger partial charge on any atom is -0.326 e. The number of carbonyl (C=O) groups excluding carboxylic acids is 2. The number of amides is 2. The second-order valence-corrected chi connectivity index (χ2v) is 7.64. The van der Waals surface area contributed by atoms with Gasteiger partial charge < -0.3 is 10.6 Å². The summed E-state index contributed by atoms with van der Waals surface area (Å²) in [5.41, 5.74) is 3.58. The van der Waals surface area contributed by atoms with Gasteiger partial charge in [0.1, 0.15) is 11.4 Å². The van der Waals surface area contributed by atoms with Crippen LogP contribution in [0.1, 0.15) is 12.5 Å². The number of fused-ring (bicyclic) bond motifs is 1. The Balaban J connectivity index is 1.39. The third-order valence-electron chi connectivity index (χ3n) is 4.27. The molecule has 0 unspecified atom stereocenters. The summed E-state index contributed by atoms with van der Waals surface area (Å²) in [6.45, 7) is 1.99. The number of thioether (sulfide) groups is 1. The monoisotopic (exact) mass is 433 g/mol. The third-order valence-corrected chi connectivity index (χ3v) is 5.25. The van der Waals surface area contributed by atoms with E-state index >= 15 is 0 Å². The van der Waals surface area contributed by atoms with Crippen molar-refractivity contribution in [1.82, 2.24) is 25.0 Å². The van der Waals surface area contributed by atoms with Gasteiger partial charge in [-0.05, 0) is 29.8 Å². The Hall–Kier alpha value is -3.79. The van der Waals surface area contributed by atoms with Crippen molar-refractivity contribution in [2.75, 3.05) is 16.4 Å². The van der Waals surface area contributed by atoms with Crippen LogP contribution < -0.4 is 10.6 Å². The maximum absolute atomic E-state index is 12.3. The molecule has 2 amide bonds. The van der Waals surface area contributed by atoms with Crippen LogP contribution in [0.3, 0.4) is 0 Å². The zero-order valence-corrected chi connectivity index (χ0v) is 17.5. The molecule has 4 aromatic rings. The molecule has 0 spiro atoms. The highest BCUT2D eigenvalue weighted by atomic mass is 32.2. The molecule has 0 bridgehead atoms. The highest BCUT2D eigenvalue weighted by molar-refractivity contribution is 8.00. The number of nitrogens with zero attached hydrogens (tertiary/aromatic N) is 5. The Morgan fingerprint density at radius 2 is 1.68 bits per heavy atom. The van der Waals surface area contributed by atoms with Gasteiger partial charge in [0, 0.05) is 18.3 Å². The second kappa shape index (κ2) is 9.35. The molecule has 2 heterocycles. The van der Waals surface area contributed by atoms with Crippen molar-refractivity contribution in [1.29, 1.82) is 0 Å². The van der Waals surface area contributed by atoms with Crippen LogP contribution in [0.25, 0.3) is 11.2 Å². The number of carbonyl (C=O) groups is 2. The van der Waals surface area contributed by atoms with Gasteiger partial charge in [0.2, 0.25) is 11.8 Å². The highest BCUT2D eigenvalue weighted by Gasteiger charge is 2.14. The summed E-state index contributed by atoms with van der Waals surface area (Å²) in [7, 11) is 0. The quantitative estimate of drug-likeness (QED) is 0.340. The molecule has 31 heavy (non-hydrogen) atoms. The first-order chi connectivity index (χ1) is 15.1. The summed E-state index contributed by atoms with van der Waals surface area (Å²) in [6, 6.07) is 16.8. The number of hydrogen-bond donors (Lipinski definition) is 2. The minimum absolute atomic E-state index is 0.148. The molecular weight excluding hydrogens is 414 g/mol. The highest BCUT2D eigenvalue weighted by Crippen LogP contribution is 2.23. The van der Waals surface area contributed by atoms with Crippen LogP contribution in [-0.4, -0.2) is 42.5 Å². The number of aromatic nitrogens is 5. The van der Waals surface area contributed by atoms with Gasteiger partial charge in [0.15, 0.2) is 11.2 Å². The van der Waals surface area contributed by atoms with Crippen molar-refractivity contribution < 1.29 is 9.59 Å². The molecule has 0 fully saturated rings. The number of rotatable bonds is 7. The van der Waals surface area contributed by atoms with Crippen LogP contribution >= 0.6 is 11.8 Å². The Labute approximate surface area is 182 Å². The summed E-state index contributed by atoms with van der Waals surface area (Å²) in [5, 5.41) is 14.5. The molecule has 0 saturated carbocycles. The number of anilines is 2. The molecule has 0 atom stereocenters. The van der Waals surface area contributed by atoms with Crippen molar-refractivity contribution in [2.24, 2.45) is 0 Å². The normalized spacial score (nSPS) is 10.7. The topological polar surface area (TPSA) is 115 Å². The lowest BCUT2D eigenvalue weighted by molar-refractivity contribution is -0.114. The van der Waals surface area contributed by atoms with Gasteiger partial charge in [-0.1, -0.05) is 47.3 Å². The van der Waals surface area contributed by atoms with Gasteiger partial charge in [0.05, 0.1) is 12.3 Å². The summed E-state index contributed by atoms with van der Waals surface area (Å²) in [6.07, 6.45) is 1.45. The van der Waals surface area contributed by atoms with Crippen molar-refractivity contribution in [2.45, 2.75) is 18.5 Å². The van der Waals surface area contributed by atoms with Gasteiger partial charge in [-0.3, -0.25) is 9.59 Å². The Morgan fingerprint density at radius 1 is 0.968 bits per heavy atom. The van der Waals surface area contributed by atoms with Crippen LogP contribution in [0.2, 0.25) is 0 Å². The first-order valence-corrected chi connectivity index (χ1v) is 10.5. The fourth-order valence-corrected chi connectivity index (χ4v) is 3.64. The van der Waals surface area contributed by atoms with Gasteiger partial charge in [-0.15, -0.1) is 5.10 Å². The smallest absolute Gasteiger partial charge is 0.234 e. The molecular formula is C21H19N7O2S. The van der Waals surface area contributed by atoms with Crippen molar-refractivity contribution in [3.8, 4) is 0 Å². The first kappa shape index (κ1) is 20.5. The zero-order valence-electron chi connectivity index (χ0n) is 16.6. The fraction of sp³-hybridized carbons (Fsp3) is 0.143. The average molecular weight is 433 g/mol. The van der Waals surface area contributed by atoms with Crippen molar-refractivity contribution in [3.63, 3.8) is 0 Å². The molecule has 2 aromatic heterocycles. The van der Waals surface area contributed by atoms with Crippen molar-refractivity contribution in [3.05, 3.63) is 66.5 Å². The van der Waals surface area contributed by atoms with E-state index in [0.717, 1.165) is 5.56 Å². The molecule has 0 saturated heterocycles. The predicted octanol–water partition coefficient (Wildman–Crippen LogP) is 2.96. The van der Waals surface area contributed by atoms with E-state index < -0.39 is 0 Å². The predicted molar refractivity (Wildman–Crippen MR) is 119 cm³/mol. The van der Waals surface area contributed by atoms with E-state index in [0.29, 0.717) is 34.1 Å². The lowest BCUT2D eigenvalue weighted by Gasteiger charge is -2.07. The van der Waals surface area contributed by atoms with Gasteiger partial charge >= 0.3 is 0 Å². The molecule has 4 rings (SSSR count). The van der Waals surface area contributed by atoms with Crippen LogP contribution in [0.5, 0.6) is 0 Å². The molecule has 0 aliphatic heterocycles. The standard InChI is InChI=1S/C21H19N7O2S/c1-14(29)24-16-7-9-17(10-8-16)25-18(30)12-31-21-19-20(22-13-23-21)28(27-26-19)11-15-5-3-2-4-6-15/h2-10,13H,11-12H2,1H3,(H,24,29)(H,25,30). The zero-order chi connectivity index (χ0) is 21.6. The molecule has 0 aliphatic carbocycles. The minimum atomic E-state index is -0.180. The van der Waals surface area contributed by atoms with Crippen LogP contribution in [0.4, 0.5) is 11.4 Å². The molecule has 2 aromatic carbocycles. The number of benzene rings is 2. The van der Waals surface area contributed by atoms with Crippen molar-refractivity contribution >= 4 is 46.1 Å². The maximum atomic E-state index is 12.3. The molecule has 0 radical (unpaired) electrons. The van der Waals surface area contributed by atoms with E-state index in [9.17, 15) is 9.59 Å². The van der Waals surface area contributed by atoms with Gasteiger partial charge in [-0.2, -0.15) is 0 Å². The molecule has 156 valence electrons. The summed E-state index contributed by atoms with van der Waals surface area (Å²) < 4.78 is 1.72. The van der Waals surface area contributed by atoms with Gasteiger partial charge in [-0.25, -0.2) is 14.6 Å². The van der Waals surface area contributed by atoms with E-state index in [4.69, 9.17) is 0 Å². The summed E-state index contributed by atoms with van der Waals surface area (Å²) in [5.74, 6) is -0.170. The summed E-state index contributed by atoms with van der Waals surface area (Å²) >= 11 is 1.27. The van der Waals surface area contributed by atoms with Crippen LogP contribution in [-0.2, 0) is 16.1 Å².